The van der Waals surface area contributed by atoms with E-state index in [1.54, 1.807) is 6.07 Å². The van der Waals surface area contributed by atoms with E-state index < -0.39 is 0 Å². The minimum atomic E-state index is 0.314. The molecule has 2 rings (SSSR count). The van der Waals surface area contributed by atoms with Crippen LogP contribution in [0.4, 0.5) is 5.69 Å². The van der Waals surface area contributed by atoms with Crippen LogP contribution in [0.25, 0.3) is 10.1 Å². The molecule has 0 unspecified atom stereocenters. The predicted molar refractivity (Wildman–Crippen MR) is 60.5 cm³/mol. The van der Waals surface area contributed by atoms with Crippen LogP contribution in [0.1, 0.15) is 5.56 Å². The molecule has 0 spiro atoms. The summed E-state index contributed by atoms with van der Waals surface area (Å²) in [5, 5.41) is 13.2. The highest BCUT2D eigenvalue weighted by Gasteiger charge is 2.06. The normalized spacial score (nSPS) is 10.8. The highest BCUT2D eigenvalue weighted by Crippen LogP contribution is 2.36. The van der Waals surface area contributed by atoms with Crippen molar-refractivity contribution in [3.63, 3.8) is 0 Å². The molecule has 0 aliphatic carbocycles. The Morgan fingerprint density at radius 2 is 2.23 bits per heavy atom. The van der Waals surface area contributed by atoms with Crippen molar-refractivity contribution in [2.45, 2.75) is 5.33 Å². The molecule has 0 saturated carbocycles. The first-order valence-corrected chi connectivity index (χ1v) is 5.77. The van der Waals surface area contributed by atoms with Crippen LogP contribution in [-0.2, 0) is 5.33 Å². The molecule has 0 fully saturated rings. The third-order valence-electron chi connectivity index (χ3n) is 1.90. The zero-order chi connectivity index (χ0) is 9.42. The summed E-state index contributed by atoms with van der Waals surface area (Å²) in [5.74, 6) is 0.314. The minimum Gasteiger partial charge on any atom is -0.506 e. The zero-order valence-corrected chi connectivity index (χ0v) is 9.15. The van der Waals surface area contributed by atoms with Gasteiger partial charge in [-0.05, 0) is 17.7 Å². The van der Waals surface area contributed by atoms with Gasteiger partial charge in [-0.2, -0.15) is 0 Å². The maximum absolute atomic E-state index is 9.63. The zero-order valence-electron chi connectivity index (χ0n) is 6.75. The number of phenolic OH excluding ortho intramolecular Hbond substituents is 1. The van der Waals surface area contributed by atoms with E-state index in [-0.39, 0.29) is 0 Å². The van der Waals surface area contributed by atoms with Gasteiger partial charge in [-0.1, -0.05) is 15.9 Å². The molecule has 4 heteroatoms. The van der Waals surface area contributed by atoms with Crippen molar-refractivity contribution in [2.24, 2.45) is 0 Å². The quantitative estimate of drug-likeness (QED) is 0.772. The molecule has 0 radical (unpaired) electrons. The van der Waals surface area contributed by atoms with E-state index in [1.807, 2.05) is 11.4 Å². The summed E-state index contributed by atoms with van der Waals surface area (Å²) < 4.78 is 0.863. The van der Waals surface area contributed by atoms with Gasteiger partial charge in [-0.25, -0.2) is 0 Å². The van der Waals surface area contributed by atoms with Crippen molar-refractivity contribution in [2.75, 3.05) is 5.73 Å². The number of phenols is 1. The fraction of sp³-hybridized carbons (Fsp3) is 0.111. The summed E-state index contributed by atoms with van der Waals surface area (Å²) in [7, 11) is 0. The second-order valence-corrected chi connectivity index (χ2v) is 4.26. The van der Waals surface area contributed by atoms with Gasteiger partial charge in [-0.15, -0.1) is 11.3 Å². The molecule has 0 aliphatic heterocycles. The number of thiophene rings is 1. The molecule has 0 bridgehead atoms. The Labute approximate surface area is 88.1 Å². The first kappa shape index (κ1) is 8.84. The van der Waals surface area contributed by atoms with Crippen molar-refractivity contribution in [1.82, 2.24) is 0 Å². The molecule has 2 nitrogen and oxygen atoms in total. The maximum Gasteiger partial charge on any atom is 0.133 e. The van der Waals surface area contributed by atoms with Crippen LogP contribution < -0.4 is 5.73 Å². The molecule has 0 aliphatic rings. The molecule has 0 amide bonds. The van der Waals surface area contributed by atoms with Gasteiger partial charge in [0.2, 0.25) is 0 Å². The predicted octanol–water partition coefficient (Wildman–Crippen LogP) is 3.08. The van der Waals surface area contributed by atoms with E-state index in [1.165, 1.54) is 11.3 Å². The summed E-state index contributed by atoms with van der Waals surface area (Å²) in [6.07, 6.45) is 0. The van der Waals surface area contributed by atoms with Gasteiger partial charge in [0.1, 0.15) is 5.75 Å². The van der Waals surface area contributed by atoms with Gasteiger partial charge >= 0.3 is 0 Å². The van der Waals surface area contributed by atoms with E-state index in [2.05, 4.69) is 15.9 Å². The first-order valence-electron chi connectivity index (χ1n) is 3.77. The highest BCUT2D eigenvalue weighted by molar-refractivity contribution is 9.08. The van der Waals surface area contributed by atoms with Crippen LogP contribution in [-0.4, -0.2) is 5.11 Å². The van der Waals surface area contributed by atoms with Gasteiger partial charge in [0.15, 0.2) is 0 Å². The lowest BCUT2D eigenvalue weighted by molar-refractivity contribution is 0.482. The molecule has 1 heterocycles. The van der Waals surface area contributed by atoms with Crippen molar-refractivity contribution in [3.8, 4) is 5.75 Å². The molecule has 68 valence electrons. The first-order chi connectivity index (χ1) is 6.22. The smallest absolute Gasteiger partial charge is 0.133 e. The van der Waals surface area contributed by atoms with Crippen LogP contribution in [0.2, 0.25) is 0 Å². The van der Waals surface area contributed by atoms with Gasteiger partial charge in [0.05, 0.1) is 10.4 Å². The number of aromatic hydroxyl groups is 1. The maximum atomic E-state index is 9.63. The van der Waals surface area contributed by atoms with Gasteiger partial charge in [0, 0.05) is 16.1 Å². The number of anilines is 1. The molecular formula is C9H8BrNOS. The minimum absolute atomic E-state index is 0.314. The van der Waals surface area contributed by atoms with Crippen LogP contribution in [0.3, 0.4) is 0 Å². The second-order valence-electron chi connectivity index (χ2n) is 2.82. The number of halogens is 1. The van der Waals surface area contributed by atoms with Crippen LogP contribution >= 0.6 is 27.3 Å². The van der Waals surface area contributed by atoms with Crippen LogP contribution in [0.15, 0.2) is 17.5 Å². The summed E-state index contributed by atoms with van der Waals surface area (Å²) in [5.41, 5.74) is 7.52. The Hall–Kier alpha value is -0.740. The number of rotatable bonds is 1. The molecule has 0 saturated heterocycles. The number of fused-ring (bicyclic) bond motifs is 1. The number of hydrogen-bond acceptors (Lipinski definition) is 3. The average Bonchev–Trinajstić information content (AvgIpc) is 2.48. The Kier molecular flexibility index (Phi) is 2.17. The van der Waals surface area contributed by atoms with Gasteiger partial charge in [0.25, 0.3) is 0 Å². The van der Waals surface area contributed by atoms with Crippen molar-refractivity contribution < 1.29 is 5.11 Å². The number of alkyl halides is 1. The number of hydrogen-bond donors (Lipinski definition) is 2. The Bertz CT molecular complexity index is 452. The Morgan fingerprint density at radius 3 is 2.92 bits per heavy atom. The summed E-state index contributed by atoms with van der Waals surface area (Å²) in [4.78, 5) is 0. The fourth-order valence-electron chi connectivity index (χ4n) is 1.27. The topological polar surface area (TPSA) is 46.2 Å². The third kappa shape index (κ3) is 1.40. The van der Waals surface area contributed by atoms with Gasteiger partial charge in [-0.3, -0.25) is 0 Å². The van der Waals surface area contributed by atoms with Gasteiger partial charge < -0.3 is 10.8 Å². The molecule has 2 aromatic rings. The average molecular weight is 258 g/mol. The number of benzene rings is 1. The van der Waals surface area contributed by atoms with E-state index >= 15 is 0 Å². The summed E-state index contributed by atoms with van der Waals surface area (Å²) in [6.45, 7) is 0. The largest absolute Gasteiger partial charge is 0.506 e. The molecule has 3 N–H and O–H groups in total. The fourth-order valence-corrected chi connectivity index (χ4v) is 2.45. The molecule has 13 heavy (non-hydrogen) atoms. The lowest BCUT2D eigenvalue weighted by Gasteiger charge is -1.99. The summed E-state index contributed by atoms with van der Waals surface area (Å²) in [6, 6.07) is 3.75. The van der Waals surface area contributed by atoms with E-state index in [0.717, 1.165) is 26.7 Å². The Balaban J connectivity index is 2.80. The number of nitrogen functional groups attached to an aromatic ring is 1. The second kappa shape index (κ2) is 3.20. The third-order valence-corrected chi connectivity index (χ3v) is 3.58. The molecule has 0 atom stereocenters. The van der Waals surface area contributed by atoms with E-state index in [0.29, 0.717) is 5.75 Å². The molecule has 1 aromatic carbocycles. The number of nitrogens with two attached hydrogens (primary N) is 1. The molecule has 1 aromatic heterocycles. The van der Waals surface area contributed by atoms with Crippen LogP contribution in [0.5, 0.6) is 5.75 Å². The highest BCUT2D eigenvalue weighted by atomic mass is 79.9. The standard InChI is InChI=1S/C9H8BrNOS/c10-3-5-1-6-7(11)4-13-9(6)8(12)2-5/h1-2,4,12H,3,11H2. The monoisotopic (exact) mass is 257 g/mol. The summed E-state index contributed by atoms with van der Waals surface area (Å²) >= 11 is 4.81. The molecular weight excluding hydrogens is 250 g/mol. The van der Waals surface area contributed by atoms with Crippen molar-refractivity contribution in [1.29, 1.82) is 0 Å². The van der Waals surface area contributed by atoms with E-state index in [4.69, 9.17) is 5.73 Å². The van der Waals surface area contributed by atoms with Crippen molar-refractivity contribution >= 4 is 43.0 Å². The van der Waals surface area contributed by atoms with Crippen molar-refractivity contribution in [3.05, 3.63) is 23.1 Å². The lowest BCUT2D eigenvalue weighted by Crippen LogP contribution is -1.82. The van der Waals surface area contributed by atoms with Crippen LogP contribution in [0, 0.1) is 0 Å². The SMILES string of the molecule is Nc1csc2c(O)cc(CBr)cc12. The lowest BCUT2D eigenvalue weighted by atomic mass is 10.1. The van der Waals surface area contributed by atoms with E-state index in [9.17, 15) is 5.11 Å². The Morgan fingerprint density at radius 1 is 1.46 bits per heavy atom.